The highest BCUT2D eigenvalue weighted by molar-refractivity contribution is 7.09. The average molecular weight is 350 g/mol. The molecule has 0 radical (unpaired) electrons. The summed E-state index contributed by atoms with van der Waals surface area (Å²) in [6.07, 6.45) is 2.20. The summed E-state index contributed by atoms with van der Waals surface area (Å²) in [5.41, 5.74) is 0. The van der Waals surface area contributed by atoms with E-state index in [9.17, 15) is 4.39 Å². The first-order valence-corrected chi connectivity index (χ1v) is 9.47. The third-order valence-electron chi connectivity index (χ3n) is 4.76. The van der Waals surface area contributed by atoms with Gasteiger partial charge in [-0.2, -0.15) is 4.98 Å². The number of likely N-dealkylation sites (N-methyl/N-ethyl adjacent to an activating group) is 1. The molecule has 0 spiro atoms. The molecule has 0 bridgehead atoms. The average Bonchev–Trinajstić information content (AvgIpc) is 2.93. The SMILES string of the molecule is CN(Cc1noc(C2CC2)n1)C[C@@H]1C[C@H](F)CN1Cc1cccs1. The van der Waals surface area contributed by atoms with Crippen LogP contribution in [0.2, 0.25) is 0 Å². The summed E-state index contributed by atoms with van der Waals surface area (Å²) >= 11 is 1.74. The molecule has 1 aliphatic carbocycles. The molecule has 1 saturated heterocycles. The molecule has 2 aliphatic rings. The van der Waals surface area contributed by atoms with Gasteiger partial charge in [-0.25, -0.2) is 4.39 Å². The van der Waals surface area contributed by atoms with Crippen molar-refractivity contribution >= 4 is 11.3 Å². The molecular formula is C17H23FN4OS. The van der Waals surface area contributed by atoms with E-state index in [-0.39, 0.29) is 6.04 Å². The zero-order valence-electron chi connectivity index (χ0n) is 13.9. The highest BCUT2D eigenvalue weighted by Crippen LogP contribution is 2.38. The summed E-state index contributed by atoms with van der Waals surface area (Å²) in [4.78, 5) is 10.2. The minimum atomic E-state index is -0.727. The minimum absolute atomic E-state index is 0.238. The summed E-state index contributed by atoms with van der Waals surface area (Å²) in [5.74, 6) is 2.00. The van der Waals surface area contributed by atoms with Gasteiger partial charge < -0.3 is 4.52 Å². The Bertz CT molecular complexity index is 657. The molecule has 3 heterocycles. The molecule has 0 aromatic carbocycles. The summed E-state index contributed by atoms with van der Waals surface area (Å²) < 4.78 is 19.2. The first-order valence-electron chi connectivity index (χ1n) is 8.59. The van der Waals surface area contributed by atoms with Crippen LogP contribution in [0.25, 0.3) is 0 Å². The first-order chi connectivity index (χ1) is 11.7. The topological polar surface area (TPSA) is 45.4 Å². The van der Waals surface area contributed by atoms with Crippen LogP contribution >= 0.6 is 11.3 Å². The predicted octanol–water partition coefficient (Wildman–Crippen LogP) is 3.05. The van der Waals surface area contributed by atoms with E-state index in [2.05, 4.69) is 37.5 Å². The van der Waals surface area contributed by atoms with Gasteiger partial charge in [0.25, 0.3) is 0 Å². The predicted molar refractivity (Wildman–Crippen MR) is 90.6 cm³/mol. The number of thiophene rings is 1. The first kappa shape index (κ1) is 16.2. The summed E-state index contributed by atoms with van der Waals surface area (Å²) in [7, 11) is 2.04. The molecule has 130 valence electrons. The van der Waals surface area contributed by atoms with E-state index in [4.69, 9.17) is 4.52 Å². The molecule has 2 atom stereocenters. The molecule has 0 unspecified atom stereocenters. The Morgan fingerprint density at radius 2 is 2.33 bits per heavy atom. The van der Waals surface area contributed by atoms with Crippen molar-refractivity contribution in [1.29, 1.82) is 0 Å². The van der Waals surface area contributed by atoms with Crippen LogP contribution in [0, 0.1) is 0 Å². The zero-order chi connectivity index (χ0) is 16.5. The third-order valence-corrected chi connectivity index (χ3v) is 5.62. The molecule has 2 aromatic rings. The molecule has 1 aliphatic heterocycles. The molecule has 2 aromatic heterocycles. The lowest BCUT2D eigenvalue weighted by atomic mass is 10.2. The van der Waals surface area contributed by atoms with Gasteiger partial charge in [0.1, 0.15) is 6.17 Å². The van der Waals surface area contributed by atoms with Crippen molar-refractivity contribution in [2.24, 2.45) is 0 Å². The Morgan fingerprint density at radius 3 is 3.08 bits per heavy atom. The maximum atomic E-state index is 13.9. The van der Waals surface area contributed by atoms with Crippen LogP contribution in [-0.2, 0) is 13.1 Å². The van der Waals surface area contributed by atoms with Crippen molar-refractivity contribution in [3.05, 3.63) is 34.1 Å². The fourth-order valence-electron chi connectivity index (χ4n) is 3.40. The van der Waals surface area contributed by atoms with Gasteiger partial charge in [0, 0.05) is 36.5 Å². The van der Waals surface area contributed by atoms with Crippen LogP contribution in [0.1, 0.15) is 41.8 Å². The summed E-state index contributed by atoms with van der Waals surface area (Å²) in [5, 5.41) is 6.15. The van der Waals surface area contributed by atoms with Gasteiger partial charge in [-0.3, -0.25) is 9.80 Å². The van der Waals surface area contributed by atoms with Crippen molar-refractivity contribution < 1.29 is 8.91 Å². The van der Waals surface area contributed by atoms with E-state index in [0.29, 0.717) is 25.4 Å². The van der Waals surface area contributed by atoms with Gasteiger partial charge in [-0.1, -0.05) is 11.2 Å². The zero-order valence-corrected chi connectivity index (χ0v) is 14.7. The van der Waals surface area contributed by atoms with Crippen molar-refractivity contribution in [3.8, 4) is 0 Å². The lowest BCUT2D eigenvalue weighted by Gasteiger charge is -2.27. The lowest BCUT2D eigenvalue weighted by Crippen LogP contribution is -2.38. The van der Waals surface area contributed by atoms with Gasteiger partial charge in [-0.05, 0) is 37.8 Å². The van der Waals surface area contributed by atoms with Gasteiger partial charge in [0.05, 0.1) is 6.54 Å². The molecule has 5 nitrogen and oxygen atoms in total. The van der Waals surface area contributed by atoms with Gasteiger partial charge >= 0.3 is 0 Å². The molecule has 24 heavy (non-hydrogen) atoms. The van der Waals surface area contributed by atoms with Gasteiger partial charge in [0.2, 0.25) is 5.89 Å². The highest BCUT2D eigenvalue weighted by Gasteiger charge is 2.33. The number of hydrogen-bond donors (Lipinski definition) is 0. The largest absolute Gasteiger partial charge is 0.339 e. The van der Waals surface area contributed by atoms with E-state index >= 15 is 0 Å². The standard InChI is InChI=1S/C17H23FN4OS/c1-21(11-16-19-17(23-20-16)12-4-5-12)9-14-7-13(18)8-22(14)10-15-3-2-6-24-15/h2-3,6,12-14H,4-5,7-11H2,1H3/t13-,14-/m0/s1. The smallest absolute Gasteiger partial charge is 0.229 e. The van der Waals surface area contributed by atoms with E-state index in [0.717, 1.165) is 37.6 Å². The number of likely N-dealkylation sites (tertiary alicyclic amines) is 1. The second-order valence-corrected chi connectivity index (χ2v) is 8.05. The Balaban J connectivity index is 1.33. The summed E-state index contributed by atoms with van der Waals surface area (Å²) in [6, 6.07) is 4.41. The number of rotatable bonds is 7. The number of nitrogens with zero attached hydrogens (tertiary/aromatic N) is 4. The number of hydrogen-bond acceptors (Lipinski definition) is 6. The normalized spacial score (nSPS) is 25.0. The third kappa shape index (κ3) is 3.84. The fourth-order valence-corrected chi connectivity index (χ4v) is 4.13. The Kier molecular flexibility index (Phi) is 4.65. The van der Waals surface area contributed by atoms with Crippen molar-refractivity contribution in [1.82, 2.24) is 19.9 Å². The monoisotopic (exact) mass is 350 g/mol. The van der Waals surface area contributed by atoms with E-state index in [1.54, 1.807) is 11.3 Å². The van der Waals surface area contributed by atoms with E-state index < -0.39 is 6.17 Å². The Hall–Kier alpha value is -1.31. The van der Waals surface area contributed by atoms with Crippen molar-refractivity contribution in [2.75, 3.05) is 20.1 Å². The minimum Gasteiger partial charge on any atom is -0.339 e. The Morgan fingerprint density at radius 1 is 1.46 bits per heavy atom. The summed E-state index contributed by atoms with van der Waals surface area (Å²) in [6.45, 7) is 2.84. The van der Waals surface area contributed by atoms with Crippen molar-refractivity contribution in [2.45, 2.75) is 50.5 Å². The highest BCUT2D eigenvalue weighted by atomic mass is 32.1. The molecule has 2 fully saturated rings. The maximum Gasteiger partial charge on any atom is 0.229 e. The second kappa shape index (κ2) is 6.90. The molecule has 0 N–H and O–H groups in total. The quantitative estimate of drug-likeness (QED) is 0.768. The molecular weight excluding hydrogens is 327 g/mol. The molecule has 0 amide bonds. The van der Waals surface area contributed by atoms with Crippen LogP contribution in [0.15, 0.2) is 22.0 Å². The fraction of sp³-hybridized carbons (Fsp3) is 0.647. The van der Waals surface area contributed by atoms with E-state index in [1.165, 1.54) is 4.88 Å². The second-order valence-electron chi connectivity index (χ2n) is 7.02. The van der Waals surface area contributed by atoms with Crippen molar-refractivity contribution in [3.63, 3.8) is 0 Å². The van der Waals surface area contributed by atoms with Crippen LogP contribution in [0.3, 0.4) is 0 Å². The van der Waals surface area contributed by atoms with Crippen LogP contribution in [0.5, 0.6) is 0 Å². The van der Waals surface area contributed by atoms with Gasteiger partial charge in [0.15, 0.2) is 5.82 Å². The van der Waals surface area contributed by atoms with Crippen LogP contribution in [-0.4, -0.2) is 52.3 Å². The lowest BCUT2D eigenvalue weighted by molar-refractivity contribution is 0.179. The van der Waals surface area contributed by atoms with Crippen LogP contribution < -0.4 is 0 Å². The van der Waals surface area contributed by atoms with E-state index in [1.807, 2.05) is 7.05 Å². The molecule has 4 rings (SSSR count). The van der Waals surface area contributed by atoms with Gasteiger partial charge in [-0.15, -0.1) is 11.3 Å². The Labute approximate surface area is 145 Å². The van der Waals surface area contributed by atoms with Crippen LogP contribution in [0.4, 0.5) is 4.39 Å². The number of alkyl halides is 1. The number of aromatic nitrogens is 2. The molecule has 7 heteroatoms. The molecule has 1 saturated carbocycles. The maximum absolute atomic E-state index is 13.9. The number of halogens is 1.